The van der Waals surface area contributed by atoms with Gasteiger partial charge in [0.1, 0.15) is 0 Å². The average Bonchev–Trinajstić information content (AvgIpc) is 2.08. The quantitative estimate of drug-likeness (QED) is 0.461. The maximum atomic E-state index is 11.7. The van der Waals surface area contributed by atoms with Crippen LogP contribution in [0.2, 0.25) is 0 Å². The number of rotatable bonds is 0. The first-order chi connectivity index (χ1) is 4.11. The molecule has 9 heavy (non-hydrogen) atoms. The van der Waals surface area contributed by atoms with Crippen LogP contribution < -0.4 is 0 Å². The first-order valence-electron chi connectivity index (χ1n) is 2.77. The van der Waals surface area contributed by atoms with E-state index in [1.807, 2.05) is 0 Å². The SMILES string of the molecule is FC(F)(F)N1[CH]CCC1. The number of likely N-dealkylation sites (tertiary alicyclic amines) is 1. The van der Waals surface area contributed by atoms with E-state index in [0.29, 0.717) is 17.7 Å². The standard InChI is InChI=1S/C5H7F3N/c6-5(7,8)9-3-1-2-4-9/h3H,1-2,4H2. The molecule has 4 heteroatoms. The molecule has 0 spiro atoms. The Kier molecular flexibility index (Phi) is 1.66. The second-order valence-corrected chi connectivity index (χ2v) is 1.99. The van der Waals surface area contributed by atoms with Gasteiger partial charge in [-0.3, -0.25) is 0 Å². The molecular weight excluding hydrogens is 131 g/mol. The zero-order chi connectivity index (χ0) is 6.91. The van der Waals surface area contributed by atoms with E-state index in [9.17, 15) is 13.2 Å². The van der Waals surface area contributed by atoms with Gasteiger partial charge in [0.25, 0.3) is 0 Å². The second kappa shape index (κ2) is 2.17. The fourth-order valence-corrected chi connectivity index (χ4v) is 0.830. The Morgan fingerprint density at radius 1 is 1.33 bits per heavy atom. The summed E-state index contributed by atoms with van der Waals surface area (Å²) in [5.41, 5.74) is 0. The monoisotopic (exact) mass is 138 g/mol. The van der Waals surface area contributed by atoms with Crippen molar-refractivity contribution in [2.75, 3.05) is 6.54 Å². The van der Waals surface area contributed by atoms with Crippen molar-refractivity contribution >= 4 is 0 Å². The molecule has 0 aromatic heterocycles. The van der Waals surface area contributed by atoms with Crippen molar-refractivity contribution in [3.8, 4) is 0 Å². The molecule has 53 valence electrons. The fraction of sp³-hybridized carbons (Fsp3) is 0.800. The first kappa shape index (κ1) is 6.86. The zero-order valence-corrected chi connectivity index (χ0v) is 4.78. The third kappa shape index (κ3) is 1.58. The van der Waals surface area contributed by atoms with E-state index in [-0.39, 0.29) is 6.54 Å². The summed E-state index contributed by atoms with van der Waals surface area (Å²) in [5.74, 6) is 0. The molecule has 0 atom stereocenters. The summed E-state index contributed by atoms with van der Waals surface area (Å²) in [6.07, 6.45) is -2.96. The molecule has 0 amide bonds. The van der Waals surface area contributed by atoms with Gasteiger partial charge in [-0.15, -0.1) is 0 Å². The van der Waals surface area contributed by atoms with Gasteiger partial charge in [-0.1, -0.05) is 0 Å². The van der Waals surface area contributed by atoms with E-state index >= 15 is 0 Å². The molecule has 1 rings (SSSR count). The smallest absolute Gasteiger partial charge is 0.210 e. The highest BCUT2D eigenvalue weighted by Crippen LogP contribution is 2.27. The van der Waals surface area contributed by atoms with Crippen LogP contribution in [0.25, 0.3) is 0 Å². The number of nitrogens with zero attached hydrogens (tertiary/aromatic N) is 1. The van der Waals surface area contributed by atoms with Crippen molar-refractivity contribution in [3.05, 3.63) is 6.54 Å². The van der Waals surface area contributed by atoms with Crippen molar-refractivity contribution in [1.29, 1.82) is 0 Å². The molecule has 0 N–H and O–H groups in total. The van der Waals surface area contributed by atoms with E-state index in [1.165, 1.54) is 6.54 Å². The molecule has 0 bridgehead atoms. The van der Waals surface area contributed by atoms with Crippen molar-refractivity contribution in [1.82, 2.24) is 4.90 Å². The molecular formula is C5H7F3N. The van der Waals surface area contributed by atoms with Gasteiger partial charge in [0.05, 0.1) is 0 Å². The van der Waals surface area contributed by atoms with Crippen LogP contribution >= 0.6 is 0 Å². The highest BCUT2D eigenvalue weighted by Gasteiger charge is 2.38. The predicted molar refractivity (Wildman–Crippen MR) is 26.3 cm³/mol. The molecule has 1 aliphatic heterocycles. The predicted octanol–water partition coefficient (Wildman–Crippen LogP) is 1.76. The summed E-state index contributed by atoms with van der Waals surface area (Å²) >= 11 is 0. The molecule has 0 aromatic rings. The van der Waals surface area contributed by atoms with Crippen LogP contribution in [0, 0.1) is 6.54 Å². The first-order valence-corrected chi connectivity index (χ1v) is 2.77. The van der Waals surface area contributed by atoms with Gasteiger partial charge in [0, 0.05) is 13.1 Å². The lowest BCUT2D eigenvalue weighted by Crippen LogP contribution is -2.32. The summed E-state index contributed by atoms with van der Waals surface area (Å²) in [6, 6.07) is 0. The van der Waals surface area contributed by atoms with E-state index in [2.05, 4.69) is 0 Å². The number of alkyl halides is 3. The number of halogens is 3. The Balaban J connectivity index is 2.42. The van der Waals surface area contributed by atoms with E-state index in [1.54, 1.807) is 0 Å². The van der Waals surface area contributed by atoms with Gasteiger partial charge >= 0.3 is 6.30 Å². The van der Waals surface area contributed by atoms with Crippen molar-refractivity contribution in [2.45, 2.75) is 19.1 Å². The third-order valence-corrected chi connectivity index (χ3v) is 1.28. The molecule has 0 aromatic carbocycles. The van der Waals surface area contributed by atoms with Crippen LogP contribution in [0.1, 0.15) is 12.8 Å². The number of hydrogen-bond donors (Lipinski definition) is 0. The largest absolute Gasteiger partial charge is 0.460 e. The summed E-state index contributed by atoms with van der Waals surface area (Å²) in [6.45, 7) is 1.32. The van der Waals surface area contributed by atoms with Crippen molar-refractivity contribution in [3.63, 3.8) is 0 Å². The molecule has 0 saturated carbocycles. The van der Waals surface area contributed by atoms with Crippen LogP contribution in [-0.2, 0) is 0 Å². The van der Waals surface area contributed by atoms with E-state index in [4.69, 9.17) is 0 Å². The minimum Gasteiger partial charge on any atom is -0.210 e. The van der Waals surface area contributed by atoms with Gasteiger partial charge in [-0.25, -0.2) is 4.90 Å². The number of hydrogen-bond acceptors (Lipinski definition) is 1. The van der Waals surface area contributed by atoms with Crippen molar-refractivity contribution in [2.24, 2.45) is 0 Å². The summed E-state index contributed by atoms with van der Waals surface area (Å²) in [4.78, 5) is 0.424. The molecule has 1 radical (unpaired) electrons. The van der Waals surface area contributed by atoms with Crippen LogP contribution in [-0.4, -0.2) is 17.7 Å². The van der Waals surface area contributed by atoms with Crippen LogP contribution in [0.3, 0.4) is 0 Å². The van der Waals surface area contributed by atoms with E-state index < -0.39 is 6.30 Å². The lowest BCUT2D eigenvalue weighted by molar-refractivity contribution is -0.229. The van der Waals surface area contributed by atoms with E-state index in [0.717, 1.165) is 0 Å². The third-order valence-electron chi connectivity index (χ3n) is 1.28. The summed E-state index contributed by atoms with van der Waals surface area (Å²) in [7, 11) is 0. The van der Waals surface area contributed by atoms with Gasteiger partial charge in [0.15, 0.2) is 0 Å². The van der Waals surface area contributed by atoms with Crippen molar-refractivity contribution < 1.29 is 13.2 Å². The fourth-order valence-electron chi connectivity index (χ4n) is 0.830. The molecule has 1 aliphatic rings. The Labute approximate surface area is 51.4 Å². The average molecular weight is 138 g/mol. The molecule has 0 unspecified atom stereocenters. The van der Waals surface area contributed by atoms with Gasteiger partial charge < -0.3 is 0 Å². The molecule has 0 aliphatic carbocycles. The van der Waals surface area contributed by atoms with Crippen LogP contribution in [0.5, 0.6) is 0 Å². The minimum atomic E-state index is -4.14. The molecule has 1 fully saturated rings. The Morgan fingerprint density at radius 2 is 2.00 bits per heavy atom. The maximum absolute atomic E-state index is 11.7. The topological polar surface area (TPSA) is 3.24 Å². The highest BCUT2D eigenvalue weighted by atomic mass is 19.4. The minimum absolute atomic E-state index is 0.128. The Hall–Kier alpha value is -0.250. The zero-order valence-electron chi connectivity index (χ0n) is 4.78. The lowest BCUT2D eigenvalue weighted by Gasteiger charge is -2.16. The van der Waals surface area contributed by atoms with Gasteiger partial charge in [-0.2, -0.15) is 13.2 Å². The second-order valence-electron chi connectivity index (χ2n) is 1.99. The summed E-state index contributed by atoms with van der Waals surface area (Å²) in [5, 5.41) is 0. The Bertz CT molecular complexity index is 92.9. The molecule has 1 nitrogen and oxygen atoms in total. The van der Waals surface area contributed by atoms with Crippen LogP contribution in [0.4, 0.5) is 13.2 Å². The highest BCUT2D eigenvalue weighted by molar-refractivity contribution is 4.78. The normalized spacial score (nSPS) is 23.0. The Morgan fingerprint density at radius 3 is 2.22 bits per heavy atom. The van der Waals surface area contributed by atoms with Crippen LogP contribution in [0.15, 0.2) is 0 Å². The van der Waals surface area contributed by atoms with Gasteiger partial charge in [0.2, 0.25) is 0 Å². The molecule has 1 heterocycles. The lowest BCUT2D eigenvalue weighted by atomic mass is 10.4. The summed E-state index contributed by atoms with van der Waals surface area (Å²) < 4.78 is 35.0. The maximum Gasteiger partial charge on any atom is 0.460 e. The molecule has 1 saturated heterocycles. The van der Waals surface area contributed by atoms with Gasteiger partial charge in [-0.05, 0) is 12.8 Å².